The fourth-order valence-electron chi connectivity index (χ4n) is 8.03. The summed E-state index contributed by atoms with van der Waals surface area (Å²) in [5, 5.41) is 25.7. The lowest BCUT2D eigenvalue weighted by molar-refractivity contribution is 0.112. The molecule has 0 radical (unpaired) electrons. The molecule has 0 spiro atoms. The fourth-order valence-corrected chi connectivity index (χ4v) is 8.03. The van der Waals surface area contributed by atoms with Gasteiger partial charge in [-0.25, -0.2) is 29.0 Å². The largest absolute Gasteiger partial charge is 0.392 e. The van der Waals surface area contributed by atoms with E-state index in [1.807, 2.05) is 91.3 Å². The Kier molecular flexibility index (Phi) is 10.8. The molecule has 14 heteroatoms. The zero-order valence-corrected chi connectivity index (χ0v) is 33.6. The summed E-state index contributed by atoms with van der Waals surface area (Å²) in [7, 11) is 0. The smallest absolute Gasteiger partial charge is 0.177 e. The monoisotopic (exact) mass is 798 g/mol. The van der Waals surface area contributed by atoms with Gasteiger partial charge in [0, 0.05) is 66.7 Å². The molecule has 2 fully saturated rings. The van der Waals surface area contributed by atoms with Crippen LogP contribution in [0.15, 0.2) is 122 Å². The minimum atomic E-state index is -0.00208. The molecule has 8 heterocycles. The van der Waals surface area contributed by atoms with Crippen molar-refractivity contribution in [2.24, 2.45) is 0 Å². The van der Waals surface area contributed by atoms with Crippen LogP contribution in [0.3, 0.4) is 0 Å². The topological polar surface area (TPSA) is 154 Å². The van der Waals surface area contributed by atoms with Gasteiger partial charge in [-0.3, -0.25) is 4.79 Å². The van der Waals surface area contributed by atoms with Gasteiger partial charge < -0.3 is 25.5 Å². The Morgan fingerprint density at radius 2 is 1.18 bits per heavy atom. The summed E-state index contributed by atoms with van der Waals surface area (Å²) < 4.78 is 3.49. The molecule has 2 aliphatic heterocycles. The molecule has 8 aromatic rings. The van der Waals surface area contributed by atoms with Crippen molar-refractivity contribution in [1.82, 2.24) is 39.2 Å². The standard InChI is InChI=1S/C23H24N6O.C23H22N6O/c2*1-16-5-4-11-28(16)22-9-3-8-21(26-22)25-20-14-19(27-29-12-10-24-23(20)29)18-7-2-6-17(13-18)15-30/h2-3,6-10,12-14,16,30H,4-5,11,15H2,1H3,(H,25,26);2-3,6-10,12-16H,4-5,11H2,1H3,(H,25,26). The van der Waals surface area contributed by atoms with Gasteiger partial charge in [0.2, 0.25) is 0 Å². The van der Waals surface area contributed by atoms with E-state index >= 15 is 0 Å². The van der Waals surface area contributed by atoms with E-state index in [4.69, 9.17) is 9.97 Å². The average Bonchev–Trinajstić information content (AvgIpc) is 4.13. The molecule has 6 aromatic heterocycles. The van der Waals surface area contributed by atoms with Crippen molar-refractivity contribution < 1.29 is 9.90 Å². The van der Waals surface area contributed by atoms with E-state index in [1.165, 1.54) is 25.7 Å². The van der Waals surface area contributed by atoms with Crippen molar-refractivity contribution >= 4 is 52.2 Å². The maximum atomic E-state index is 11.2. The molecular formula is C46H46N12O2. The summed E-state index contributed by atoms with van der Waals surface area (Å²) in [5.74, 6) is 3.51. The number of fused-ring (bicyclic) bond motifs is 2. The SMILES string of the molecule is CC1CCCN1c1cccc(Nc2cc(-c3cccc(C=O)c3)nn3ccnc23)n1.CC1CCCN1c1cccc(Nc2cc(-c3cccc(CO)c3)nn3ccnc23)n1. The quantitative estimate of drug-likeness (QED) is 0.114. The molecular weight excluding hydrogens is 753 g/mol. The van der Waals surface area contributed by atoms with Crippen LogP contribution in [0.2, 0.25) is 0 Å². The van der Waals surface area contributed by atoms with E-state index in [1.54, 1.807) is 27.5 Å². The number of aromatic nitrogens is 8. The molecule has 0 saturated carbocycles. The van der Waals surface area contributed by atoms with Crippen LogP contribution in [-0.4, -0.2) is 75.7 Å². The third-order valence-corrected chi connectivity index (χ3v) is 11.1. The van der Waals surface area contributed by atoms with Crippen molar-refractivity contribution in [2.75, 3.05) is 33.5 Å². The predicted molar refractivity (Wildman–Crippen MR) is 235 cm³/mol. The van der Waals surface area contributed by atoms with E-state index in [0.717, 1.165) is 87.7 Å². The number of anilines is 6. The second kappa shape index (κ2) is 17.0. The van der Waals surface area contributed by atoms with E-state index in [2.05, 4.69) is 66.6 Å². The third-order valence-electron chi connectivity index (χ3n) is 11.1. The molecule has 0 aliphatic carbocycles. The van der Waals surface area contributed by atoms with E-state index in [9.17, 15) is 9.90 Å². The summed E-state index contributed by atoms with van der Waals surface area (Å²) in [6.45, 7) is 6.57. The Labute approximate surface area is 347 Å². The average molecular weight is 799 g/mol. The number of aliphatic hydroxyl groups is 1. The molecule has 2 aromatic carbocycles. The molecule has 0 bridgehead atoms. The first kappa shape index (κ1) is 38.3. The Morgan fingerprint density at radius 3 is 1.68 bits per heavy atom. The molecule has 2 saturated heterocycles. The Hall–Kier alpha value is -7.19. The molecule has 2 atom stereocenters. The number of nitrogens with one attached hydrogen (secondary N) is 2. The first-order chi connectivity index (χ1) is 29.4. The lowest BCUT2D eigenvalue weighted by atomic mass is 10.1. The number of aliphatic hydroxyl groups excluding tert-OH is 1. The molecule has 0 amide bonds. The normalized spacial score (nSPS) is 16.2. The lowest BCUT2D eigenvalue weighted by Gasteiger charge is -2.23. The minimum absolute atomic E-state index is 0.00208. The second-order valence-corrected chi connectivity index (χ2v) is 15.3. The van der Waals surface area contributed by atoms with Gasteiger partial charge in [-0.1, -0.05) is 48.5 Å². The van der Waals surface area contributed by atoms with Crippen molar-refractivity contribution in [3.05, 3.63) is 133 Å². The highest BCUT2D eigenvalue weighted by Crippen LogP contribution is 2.31. The van der Waals surface area contributed by atoms with Gasteiger partial charge >= 0.3 is 0 Å². The first-order valence-corrected chi connectivity index (χ1v) is 20.4. The Morgan fingerprint density at radius 1 is 0.667 bits per heavy atom. The number of imidazole rings is 2. The number of carbonyl (C=O) groups is 1. The maximum absolute atomic E-state index is 11.2. The van der Waals surface area contributed by atoms with E-state index in [0.29, 0.717) is 23.3 Å². The molecule has 2 unspecified atom stereocenters. The van der Waals surface area contributed by atoms with Gasteiger partial charge in [0.05, 0.1) is 29.4 Å². The fraction of sp³-hybridized carbons (Fsp3) is 0.239. The predicted octanol–water partition coefficient (Wildman–Crippen LogP) is 8.35. The van der Waals surface area contributed by atoms with Gasteiger partial charge in [0.15, 0.2) is 11.3 Å². The van der Waals surface area contributed by atoms with Crippen molar-refractivity contribution in [3.8, 4) is 22.5 Å². The molecule has 10 rings (SSSR count). The van der Waals surface area contributed by atoms with Gasteiger partial charge in [0.1, 0.15) is 29.6 Å². The zero-order valence-electron chi connectivity index (χ0n) is 33.6. The number of carbonyl (C=O) groups excluding carboxylic acids is 1. The summed E-state index contributed by atoms with van der Waals surface area (Å²) in [4.78, 5) is 34.4. The van der Waals surface area contributed by atoms with Gasteiger partial charge in [0.25, 0.3) is 0 Å². The summed E-state index contributed by atoms with van der Waals surface area (Å²) in [6, 6.07) is 32.2. The maximum Gasteiger partial charge on any atom is 0.177 e. The van der Waals surface area contributed by atoms with Crippen LogP contribution in [0.5, 0.6) is 0 Å². The third kappa shape index (κ3) is 8.09. The van der Waals surface area contributed by atoms with Crippen LogP contribution in [0, 0.1) is 0 Å². The lowest BCUT2D eigenvalue weighted by Crippen LogP contribution is -2.27. The highest BCUT2D eigenvalue weighted by atomic mass is 16.3. The minimum Gasteiger partial charge on any atom is -0.392 e. The number of pyridine rings is 2. The zero-order chi connectivity index (χ0) is 41.0. The molecule has 2 aliphatic rings. The Bertz CT molecular complexity index is 2780. The number of aldehydes is 1. The molecule has 3 N–H and O–H groups in total. The van der Waals surface area contributed by atoms with Gasteiger partial charge in [-0.2, -0.15) is 10.2 Å². The van der Waals surface area contributed by atoms with Crippen molar-refractivity contribution in [2.45, 2.75) is 58.2 Å². The number of hydrogen-bond acceptors (Lipinski definition) is 12. The molecule has 302 valence electrons. The van der Waals surface area contributed by atoms with E-state index < -0.39 is 0 Å². The van der Waals surface area contributed by atoms with E-state index in [-0.39, 0.29) is 6.61 Å². The highest BCUT2D eigenvalue weighted by molar-refractivity contribution is 5.81. The number of nitrogens with zero attached hydrogens (tertiary/aromatic N) is 10. The van der Waals surface area contributed by atoms with Crippen LogP contribution in [0.25, 0.3) is 33.8 Å². The Balaban J connectivity index is 0.000000154. The van der Waals surface area contributed by atoms with Gasteiger partial charge in [-0.15, -0.1) is 0 Å². The van der Waals surface area contributed by atoms with Crippen molar-refractivity contribution in [1.29, 1.82) is 0 Å². The summed E-state index contributed by atoms with van der Waals surface area (Å²) in [5.41, 5.74) is 7.90. The van der Waals surface area contributed by atoms with Crippen LogP contribution >= 0.6 is 0 Å². The van der Waals surface area contributed by atoms with Gasteiger partial charge in [-0.05, 0) is 93.6 Å². The summed E-state index contributed by atoms with van der Waals surface area (Å²) >= 11 is 0. The number of benzene rings is 2. The molecule has 60 heavy (non-hydrogen) atoms. The van der Waals surface area contributed by atoms with Crippen LogP contribution in [0.1, 0.15) is 55.5 Å². The summed E-state index contributed by atoms with van der Waals surface area (Å²) in [6.07, 6.45) is 12.7. The second-order valence-electron chi connectivity index (χ2n) is 15.3. The highest BCUT2D eigenvalue weighted by Gasteiger charge is 2.23. The number of hydrogen-bond donors (Lipinski definition) is 3. The number of rotatable bonds is 10. The molecule has 14 nitrogen and oxygen atoms in total. The van der Waals surface area contributed by atoms with Crippen LogP contribution in [0.4, 0.5) is 34.6 Å². The van der Waals surface area contributed by atoms with Crippen LogP contribution in [-0.2, 0) is 6.61 Å². The van der Waals surface area contributed by atoms with Crippen molar-refractivity contribution in [3.63, 3.8) is 0 Å². The van der Waals surface area contributed by atoms with Crippen LogP contribution < -0.4 is 20.4 Å². The first-order valence-electron chi connectivity index (χ1n) is 20.4.